The Balaban J connectivity index is 1.86. The van der Waals surface area contributed by atoms with Gasteiger partial charge in [0.2, 0.25) is 0 Å². The number of carbonyl (C=O) groups is 1. The normalized spacial score (nSPS) is 15.6. The topological polar surface area (TPSA) is 41.9 Å². The van der Waals surface area contributed by atoms with Crippen molar-refractivity contribution in [1.29, 1.82) is 0 Å². The van der Waals surface area contributed by atoms with Crippen LogP contribution in [0.3, 0.4) is 0 Å². The monoisotopic (exact) mass is 398 g/mol. The molecule has 0 unspecified atom stereocenters. The summed E-state index contributed by atoms with van der Waals surface area (Å²) in [6, 6.07) is 15.2. The Morgan fingerprint density at radius 1 is 1.20 bits per heavy atom. The van der Waals surface area contributed by atoms with Gasteiger partial charge in [0.1, 0.15) is 5.75 Å². The standard InChI is InChI=1S/C20H19BrN2O2/c1-3-11-25-19-10-9-15(13-18(19)21)12-17-14(2)22-23(20(17)24)16-7-5-4-6-8-16/h4-10,12-13H,3,11H2,1-2H3/b17-12+. The first-order valence-electron chi connectivity index (χ1n) is 8.19. The fourth-order valence-corrected chi connectivity index (χ4v) is 3.04. The predicted octanol–water partition coefficient (Wildman–Crippen LogP) is 5.04. The molecule has 5 heteroatoms. The largest absolute Gasteiger partial charge is 0.492 e. The van der Waals surface area contributed by atoms with Gasteiger partial charge >= 0.3 is 0 Å². The van der Waals surface area contributed by atoms with Crippen molar-refractivity contribution in [3.05, 3.63) is 64.1 Å². The molecule has 0 spiro atoms. The number of hydrogen-bond donors (Lipinski definition) is 0. The molecule has 3 rings (SSSR count). The fraction of sp³-hybridized carbons (Fsp3) is 0.200. The van der Waals surface area contributed by atoms with Crippen molar-refractivity contribution in [2.45, 2.75) is 20.3 Å². The Labute approximate surface area is 155 Å². The van der Waals surface area contributed by atoms with Crippen LogP contribution in [-0.2, 0) is 4.79 Å². The molecule has 0 saturated carbocycles. The number of amides is 1. The summed E-state index contributed by atoms with van der Waals surface area (Å²) < 4.78 is 6.53. The smallest absolute Gasteiger partial charge is 0.280 e. The van der Waals surface area contributed by atoms with Crippen LogP contribution < -0.4 is 9.75 Å². The quantitative estimate of drug-likeness (QED) is 0.661. The van der Waals surface area contributed by atoms with E-state index >= 15 is 0 Å². The number of nitrogens with zero attached hydrogens (tertiary/aromatic N) is 2. The molecule has 1 aliphatic heterocycles. The molecule has 0 aromatic heterocycles. The molecule has 0 radical (unpaired) electrons. The highest BCUT2D eigenvalue weighted by molar-refractivity contribution is 9.10. The SMILES string of the molecule is CCCOc1ccc(/C=C2/C(=O)N(c3ccccc3)N=C2C)cc1Br. The molecule has 1 heterocycles. The molecule has 2 aromatic rings. The number of carbonyl (C=O) groups excluding carboxylic acids is 1. The number of halogens is 1. The highest BCUT2D eigenvalue weighted by Gasteiger charge is 2.28. The lowest BCUT2D eigenvalue weighted by molar-refractivity contribution is -0.114. The number of benzene rings is 2. The third-order valence-electron chi connectivity index (χ3n) is 3.79. The molecule has 25 heavy (non-hydrogen) atoms. The van der Waals surface area contributed by atoms with Crippen LogP contribution in [0.2, 0.25) is 0 Å². The van der Waals surface area contributed by atoms with E-state index in [2.05, 4.69) is 28.0 Å². The molecule has 0 aliphatic carbocycles. The summed E-state index contributed by atoms with van der Waals surface area (Å²) >= 11 is 3.53. The van der Waals surface area contributed by atoms with E-state index in [9.17, 15) is 4.79 Å². The molecular formula is C20H19BrN2O2. The highest BCUT2D eigenvalue weighted by atomic mass is 79.9. The summed E-state index contributed by atoms with van der Waals surface area (Å²) in [5.41, 5.74) is 2.98. The van der Waals surface area contributed by atoms with Gasteiger partial charge in [0.25, 0.3) is 5.91 Å². The first-order chi connectivity index (χ1) is 12.1. The Kier molecular flexibility index (Phi) is 5.34. The lowest BCUT2D eigenvalue weighted by atomic mass is 10.1. The zero-order valence-electron chi connectivity index (χ0n) is 14.2. The van der Waals surface area contributed by atoms with Crippen LogP contribution in [-0.4, -0.2) is 18.2 Å². The highest BCUT2D eigenvalue weighted by Crippen LogP contribution is 2.29. The Morgan fingerprint density at radius 2 is 1.96 bits per heavy atom. The van der Waals surface area contributed by atoms with Crippen molar-refractivity contribution < 1.29 is 9.53 Å². The maximum atomic E-state index is 12.7. The number of anilines is 1. The summed E-state index contributed by atoms with van der Waals surface area (Å²) in [7, 11) is 0. The average molecular weight is 399 g/mol. The van der Waals surface area contributed by atoms with Crippen LogP contribution in [0, 0.1) is 0 Å². The molecule has 0 N–H and O–H groups in total. The van der Waals surface area contributed by atoms with E-state index < -0.39 is 0 Å². The van der Waals surface area contributed by atoms with E-state index in [4.69, 9.17) is 4.74 Å². The van der Waals surface area contributed by atoms with E-state index in [1.807, 2.05) is 61.5 Å². The number of rotatable bonds is 5. The molecule has 128 valence electrons. The molecule has 0 fully saturated rings. The Hall–Kier alpha value is -2.40. The summed E-state index contributed by atoms with van der Waals surface area (Å²) in [5.74, 6) is 0.684. The van der Waals surface area contributed by atoms with Gasteiger partial charge in [-0.2, -0.15) is 10.1 Å². The summed E-state index contributed by atoms with van der Waals surface area (Å²) in [6.45, 7) is 4.59. The number of para-hydroxylation sites is 1. The lowest BCUT2D eigenvalue weighted by Crippen LogP contribution is -2.21. The second kappa shape index (κ2) is 7.66. The van der Waals surface area contributed by atoms with Gasteiger partial charge in [0.15, 0.2) is 0 Å². The van der Waals surface area contributed by atoms with E-state index in [0.29, 0.717) is 17.9 Å². The van der Waals surface area contributed by atoms with E-state index in [-0.39, 0.29) is 5.91 Å². The van der Waals surface area contributed by atoms with E-state index in [0.717, 1.165) is 27.9 Å². The van der Waals surface area contributed by atoms with Gasteiger partial charge in [-0.15, -0.1) is 0 Å². The van der Waals surface area contributed by atoms with Gasteiger partial charge < -0.3 is 4.74 Å². The minimum Gasteiger partial charge on any atom is -0.492 e. The average Bonchev–Trinajstić information content (AvgIpc) is 2.90. The minimum atomic E-state index is -0.119. The van der Waals surface area contributed by atoms with Gasteiger partial charge in [-0.3, -0.25) is 4.79 Å². The molecular weight excluding hydrogens is 380 g/mol. The number of hydrogen-bond acceptors (Lipinski definition) is 3. The third-order valence-corrected chi connectivity index (χ3v) is 4.41. The first-order valence-corrected chi connectivity index (χ1v) is 8.98. The van der Waals surface area contributed by atoms with Crippen molar-refractivity contribution in [2.24, 2.45) is 5.10 Å². The van der Waals surface area contributed by atoms with E-state index in [1.165, 1.54) is 5.01 Å². The third kappa shape index (κ3) is 3.82. The van der Waals surface area contributed by atoms with Crippen LogP contribution in [0.15, 0.2) is 63.7 Å². The number of hydrazone groups is 1. The molecule has 0 bridgehead atoms. The zero-order chi connectivity index (χ0) is 17.8. The summed E-state index contributed by atoms with van der Waals surface area (Å²) in [4.78, 5) is 12.7. The fourth-order valence-electron chi connectivity index (χ4n) is 2.53. The first kappa shape index (κ1) is 17.4. The maximum Gasteiger partial charge on any atom is 0.280 e. The molecule has 2 aromatic carbocycles. The Morgan fingerprint density at radius 3 is 2.64 bits per heavy atom. The second-order valence-electron chi connectivity index (χ2n) is 5.73. The maximum absolute atomic E-state index is 12.7. The molecule has 0 atom stereocenters. The van der Waals surface area contributed by atoms with Crippen LogP contribution in [0.4, 0.5) is 5.69 Å². The van der Waals surface area contributed by atoms with Crippen LogP contribution in [0.5, 0.6) is 5.75 Å². The summed E-state index contributed by atoms with van der Waals surface area (Å²) in [5, 5.41) is 5.83. The van der Waals surface area contributed by atoms with Crippen LogP contribution in [0.1, 0.15) is 25.8 Å². The van der Waals surface area contributed by atoms with Gasteiger partial charge in [-0.1, -0.05) is 31.2 Å². The molecule has 1 aliphatic rings. The van der Waals surface area contributed by atoms with Crippen molar-refractivity contribution in [2.75, 3.05) is 11.6 Å². The van der Waals surface area contributed by atoms with Gasteiger partial charge in [-0.25, -0.2) is 0 Å². The molecule has 0 saturated heterocycles. The van der Waals surface area contributed by atoms with Gasteiger partial charge in [-0.05, 0) is 65.2 Å². The second-order valence-corrected chi connectivity index (χ2v) is 6.59. The van der Waals surface area contributed by atoms with Gasteiger partial charge in [0, 0.05) is 0 Å². The van der Waals surface area contributed by atoms with Gasteiger partial charge in [0.05, 0.1) is 28.1 Å². The lowest BCUT2D eigenvalue weighted by Gasteiger charge is -2.11. The van der Waals surface area contributed by atoms with E-state index in [1.54, 1.807) is 0 Å². The minimum absolute atomic E-state index is 0.119. The van der Waals surface area contributed by atoms with Crippen molar-refractivity contribution in [3.63, 3.8) is 0 Å². The summed E-state index contributed by atoms with van der Waals surface area (Å²) in [6.07, 6.45) is 2.82. The predicted molar refractivity (Wildman–Crippen MR) is 105 cm³/mol. The van der Waals surface area contributed by atoms with Crippen LogP contribution >= 0.6 is 15.9 Å². The zero-order valence-corrected chi connectivity index (χ0v) is 15.8. The Bertz CT molecular complexity index is 844. The van der Waals surface area contributed by atoms with Crippen molar-refractivity contribution in [1.82, 2.24) is 0 Å². The van der Waals surface area contributed by atoms with Crippen LogP contribution in [0.25, 0.3) is 6.08 Å². The number of ether oxygens (including phenoxy) is 1. The molecule has 4 nitrogen and oxygen atoms in total. The van der Waals surface area contributed by atoms with Crippen molar-refractivity contribution in [3.8, 4) is 5.75 Å². The molecule has 1 amide bonds. The van der Waals surface area contributed by atoms with Crippen molar-refractivity contribution >= 4 is 39.3 Å².